The lowest BCUT2D eigenvalue weighted by Gasteiger charge is -2.12. The van der Waals surface area contributed by atoms with Gasteiger partial charge in [0.05, 0.1) is 5.02 Å². The number of rotatable bonds is 5. The molecule has 1 aliphatic carbocycles. The predicted molar refractivity (Wildman–Crippen MR) is 84.2 cm³/mol. The molecule has 0 bridgehead atoms. The van der Waals surface area contributed by atoms with Gasteiger partial charge in [0.25, 0.3) is 5.91 Å². The maximum Gasteiger partial charge on any atom is 0.326 e. The zero-order valence-corrected chi connectivity index (χ0v) is 13.0. The average molecular weight is 337 g/mol. The Morgan fingerprint density at radius 2 is 2.09 bits per heavy atom. The number of carboxylic acid groups (broad SMARTS) is 1. The number of hydrogen-bond donors (Lipinski definition) is 2. The number of hydrogen-bond acceptors (Lipinski definition) is 4. The number of benzene rings is 1. The normalized spacial score (nSPS) is 15.3. The Morgan fingerprint density at radius 3 is 2.73 bits per heavy atom. The largest absolute Gasteiger partial charge is 0.480 e. The van der Waals surface area contributed by atoms with Crippen LogP contribution in [0.4, 0.5) is 0 Å². The van der Waals surface area contributed by atoms with Gasteiger partial charge < -0.3 is 10.4 Å². The first kappa shape index (κ1) is 15.0. The minimum atomic E-state index is -1.00. The van der Waals surface area contributed by atoms with Crippen LogP contribution in [0.5, 0.6) is 0 Å². The van der Waals surface area contributed by atoms with Crippen LogP contribution >= 0.6 is 22.9 Å². The fraction of sp³-hybridized carbons (Fsp3) is 0.267. The Bertz CT molecular complexity index is 727. The molecule has 114 valence electrons. The van der Waals surface area contributed by atoms with E-state index < -0.39 is 17.9 Å². The number of aromatic nitrogens is 1. The quantitative estimate of drug-likeness (QED) is 0.879. The van der Waals surface area contributed by atoms with Crippen molar-refractivity contribution >= 4 is 34.8 Å². The summed E-state index contributed by atoms with van der Waals surface area (Å²) in [7, 11) is 0. The van der Waals surface area contributed by atoms with Crippen LogP contribution in [-0.2, 0) is 4.79 Å². The highest BCUT2D eigenvalue weighted by Crippen LogP contribution is 2.33. The Morgan fingerprint density at radius 1 is 1.36 bits per heavy atom. The first-order valence-corrected chi connectivity index (χ1v) is 8.06. The summed E-state index contributed by atoms with van der Waals surface area (Å²) < 4.78 is 0. The van der Waals surface area contributed by atoms with Crippen molar-refractivity contribution in [2.45, 2.75) is 18.9 Å². The highest BCUT2D eigenvalue weighted by Gasteiger charge is 2.37. The van der Waals surface area contributed by atoms with E-state index in [4.69, 9.17) is 16.7 Å². The number of halogens is 1. The van der Waals surface area contributed by atoms with E-state index in [-0.39, 0.29) is 11.6 Å². The lowest BCUT2D eigenvalue weighted by Crippen LogP contribution is -2.42. The third kappa shape index (κ3) is 3.13. The van der Waals surface area contributed by atoms with Crippen LogP contribution in [0.3, 0.4) is 0 Å². The standard InChI is InChI=1S/C15H13ClN2O3S/c16-10-4-2-1-3-9(10)14-17-11(7-22-14)13(19)18-12(15(20)21)8-5-6-8/h1-4,7-8,12H,5-6H2,(H,18,19)(H,20,21). The Labute approximate surface area is 136 Å². The molecule has 1 aromatic carbocycles. The molecule has 1 heterocycles. The van der Waals surface area contributed by atoms with Gasteiger partial charge in [-0.25, -0.2) is 9.78 Å². The number of carbonyl (C=O) groups excluding carboxylic acids is 1. The van der Waals surface area contributed by atoms with Gasteiger partial charge in [0.15, 0.2) is 0 Å². The first-order chi connectivity index (χ1) is 10.6. The second-order valence-electron chi connectivity index (χ2n) is 5.14. The molecule has 0 aliphatic heterocycles. The predicted octanol–water partition coefficient (Wildman–Crippen LogP) is 3.06. The maximum absolute atomic E-state index is 12.2. The average Bonchev–Trinajstić information content (AvgIpc) is 3.21. The third-order valence-corrected chi connectivity index (χ3v) is 4.69. The molecule has 1 aliphatic rings. The van der Waals surface area contributed by atoms with Gasteiger partial charge in [-0.2, -0.15) is 0 Å². The number of nitrogens with one attached hydrogen (secondary N) is 1. The van der Waals surface area contributed by atoms with Crippen molar-refractivity contribution in [3.63, 3.8) is 0 Å². The Kier molecular flexibility index (Phi) is 4.13. The molecule has 22 heavy (non-hydrogen) atoms. The van der Waals surface area contributed by atoms with Crippen LogP contribution in [-0.4, -0.2) is 28.0 Å². The second-order valence-corrected chi connectivity index (χ2v) is 6.41. The summed E-state index contributed by atoms with van der Waals surface area (Å²) in [6.07, 6.45) is 1.67. The molecule has 1 fully saturated rings. The number of carbonyl (C=O) groups is 2. The van der Waals surface area contributed by atoms with E-state index >= 15 is 0 Å². The molecule has 0 spiro atoms. The van der Waals surface area contributed by atoms with Gasteiger partial charge in [-0.3, -0.25) is 4.79 Å². The molecule has 5 nitrogen and oxygen atoms in total. The molecule has 1 aromatic heterocycles. The van der Waals surface area contributed by atoms with Gasteiger partial charge in [0.1, 0.15) is 16.7 Å². The van der Waals surface area contributed by atoms with E-state index in [1.807, 2.05) is 18.2 Å². The maximum atomic E-state index is 12.2. The summed E-state index contributed by atoms with van der Waals surface area (Å²) in [4.78, 5) is 27.6. The van der Waals surface area contributed by atoms with E-state index in [1.54, 1.807) is 11.4 Å². The molecule has 1 unspecified atom stereocenters. The number of aliphatic carboxylic acids is 1. The van der Waals surface area contributed by atoms with E-state index in [1.165, 1.54) is 11.3 Å². The molecule has 1 amide bonds. The zero-order chi connectivity index (χ0) is 15.7. The summed E-state index contributed by atoms with van der Waals surface area (Å²) in [5.41, 5.74) is 0.969. The van der Waals surface area contributed by atoms with Crippen LogP contribution in [0.1, 0.15) is 23.3 Å². The first-order valence-electron chi connectivity index (χ1n) is 6.80. The summed E-state index contributed by atoms with van der Waals surface area (Å²) in [5.74, 6) is -1.44. The molecular formula is C15H13ClN2O3S. The zero-order valence-electron chi connectivity index (χ0n) is 11.5. The molecular weight excluding hydrogens is 324 g/mol. The number of nitrogens with zero attached hydrogens (tertiary/aromatic N) is 1. The highest BCUT2D eigenvalue weighted by molar-refractivity contribution is 7.13. The van der Waals surface area contributed by atoms with Crippen LogP contribution in [0.2, 0.25) is 5.02 Å². The van der Waals surface area contributed by atoms with Crippen molar-refractivity contribution in [3.8, 4) is 10.6 Å². The molecule has 3 rings (SSSR count). The SMILES string of the molecule is O=C(NC(C(=O)O)C1CC1)c1csc(-c2ccccc2Cl)n1. The molecule has 1 saturated carbocycles. The van der Waals surface area contributed by atoms with Crippen LogP contribution in [0.15, 0.2) is 29.6 Å². The topological polar surface area (TPSA) is 79.3 Å². The highest BCUT2D eigenvalue weighted by atomic mass is 35.5. The minimum Gasteiger partial charge on any atom is -0.480 e. The van der Waals surface area contributed by atoms with Crippen molar-refractivity contribution in [2.24, 2.45) is 5.92 Å². The van der Waals surface area contributed by atoms with Crippen LogP contribution < -0.4 is 5.32 Å². The fourth-order valence-electron chi connectivity index (χ4n) is 2.16. The molecule has 0 radical (unpaired) electrons. The molecule has 0 saturated heterocycles. The van der Waals surface area contributed by atoms with Crippen LogP contribution in [0.25, 0.3) is 10.6 Å². The third-order valence-electron chi connectivity index (χ3n) is 3.49. The van der Waals surface area contributed by atoms with E-state index in [9.17, 15) is 9.59 Å². The lowest BCUT2D eigenvalue weighted by molar-refractivity contribution is -0.139. The van der Waals surface area contributed by atoms with E-state index in [0.29, 0.717) is 10.0 Å². The van der Waals surface area contributed by atoms with Gasteiger partial charge in [-0.05, 0) is 24.8 Å². The number of thiazole rings is 1. The molecule has 7 heteroatoms. The van der Waals surface area contributed by atoms with Gasteiger partial charge in [0, 0.05) is 10.9 Å². The van der Waals surface area contributed by atoms with Gasteiger partial charge in [-0.1, -0.05) is 29.8 Å². The summed E-state index contributed by atoms with van der Waals surface area (Å²) in [6, 6.07) is 6.41. The smallest absolute Gasteiger partial charge is 0.326 e. The van der Waals surface area contributed by atoms with Crippen molar-refractivity contribution in [3.05, 3.63) is 40.4 Å². The van der Waals surface area contributed by atoms with Crippen molar-refractivity contribution in [1.82, 2.24) is 10.3 Å². The fourth-order valence-corrected chi connectivity index (χ4v) is 3.28. The van der Waals surface area contributed by atoms with E-state index in [2.05, 4.69) is 10.3 Å². The molecule has 1 atom stereocenters. The van der Waals surface area contributed by atoms with Gasteiger partial charge in [-0.15, -0.1) is 11.3 Å². The van der Waals surface area contributed by atoms with Crippen molar-refractivity contribution in [1.29, 1.82) is 0 Å². The Hall–Kier alpha value is -1.92. The summed E-state index contributed by atoms with van der Waals surface area (Å²) in [5, 5.41) is 14.5. The monoisotopic (exact) mass is 336 g/mol. The van der Waals surface area contributed by atoms with Crippen molar-refractivity contribution < 1.29 is 14.7 Å². The van der Waals surface area contributed by atoms with Crippen LogP contribution in [0, 0.1) is 5.92 Å². The molecule has 2 aromatic rings. The van der Waals surface area contributed by atoms with Crippen molar-refractivity contribution in [2.75, 3.05) is 0 Å². The molecule has 2 N–H and O–H groups in total. The minimum absolute atomic E-state index is 0.0307. The second kappa shape index (κ2) is 6.06. The number of amides is 1. The lowest BCUT2D eigenvalue weighted by atomic mass is 10.2. The number of carboxylic acids is 1. The van der Waals surface area contributed by atoms with Gasteiger partial charge in [0.2, 0.25) is 0 Å². The van der Waals surface area contributed by atoms with E-state index in [0.717, 1.165) is 18.4 Å². The Balaban J connectivity index is 1.77. The van der Waals surface area contributed by atoms with Gasteiger partial charge >= 0.3 is 5.97 Å². The summed E-state index contributed by atoms with van der Waals surface area (Å²) >= 11 is 7.41. The summed E-state index contributed by atoms with van der Waals surface area (Å²) in [6.45, 7) is 0.